The first kappa shape index (κ1) is 18.9. The molecule has 0 heterocycles. The summed E-state index contributed by atoms with van der Waals surface area (Å²) in [7, 11) is 0. The molecule has 19 heavy (non-hydrogen) atoms. The number of hydrogen-bond acceptors (Lipinski definition) is 2. The molecule has 2 heteroatoms. The van der Waals surface area contributed by atoms with Crippen LogP contribution in [-0.2, 0) is 0 Å². The summed E-state index contributed by atoms with van der Waals surface area (Å²) in [5.41, 5.74) is 5.69. The zero-order valence-corrected chi connectivity index (χ0v) is 13.9. The minimum Gasteiger partial charge on any atom is -0.330 e. The zero-order chi connectivity index (χ0) is 14.5. The molecule has 0 aromatic heterocycles. The van der Waals surface area contributed by atoms with E-state index >= 15 is 0 Å². The van der Waals surface area contributed by atoms with Gasteiger partial charge in [0.05, 0.1) is 0 Å². The fourth-order valence-electron chi connectivity index (χ4n) is 2.76. The van der Waals surface area contributed by atoms with Crippen molar-refractivity contribution in [1.29, 1.82) is 0 Å². The van der Waals surface area contributed by atoms with Crippen LogP contribution in [0.15, 0.2) is 0 Å². The van der Waals surface area contributed by atoms with Crippen LogP contribution in [0.5, 0.6) is 0 Å². The van der Waals surface area contributed by atoms with Crippen LogP contribution >= 0.6 is 0 Å². The first-order valence-corrected chi connectivity index (χ1v) is 8.56. The molecule has 0 bridgehead atoms. The van der Waals surface area contributed by atoms with Gasteiger partial charge in [-0.25, -0.2) is 0 Å². The second-order valence-corrected chi connectivity index (χ2v) is 6.34. The lowest BCUT2D eigenvalue weighted by atomic mass is 9.88. The van der Waals surface area contributed by atoms with Crippen LogP contribution in [-0.4, -0.2) is 19.6 Å². The summed E-state index contributed by atoms with van der Waals surface area (Å²) in [6.45, 7) is 12.5. The Bertz CT molecular complexity index is 180. The van der Waals surface area contributed by atoms with Crippen molar-refractivity contribution in [3.63, 3.8) is 0 Å². The second-order valence-electron chi connectivity index (χ2n) is 6.34. The highest BCUT2D eigenvalue weighted by atomic mass is 14.8. The molecule has 0 spiro atoms. The minimum absolute atomic E-state index is 0.775. The molecule has 3 N–H and O–H groups in total. The highest BCUT2D eigenvalue weighted by Crippen LogP contribution is 2.20. The lowest BCUT2D eigenvalue weighted by molar-refractivity contribution is 0.327. The predicted octanol–water partition coefficient (Wildman–Crippen LogP) is 4.19. The lowest BCUT2D eigenvalue weighted by Crippen LogP contribution is -2.24. The van der Waals surface area contributed by atoms with Gasteiger partial charge in [-0.15, -0.1) is 0 Å². The number of hydrogen-bond donors (Lipinski definition) is 2. The van der Waals surface area contributed by atoms with Gasteiger partial charge in [0.1, 0.15) is 0 Å². The van der Waals surface area contributed by atoms with Crippen molar-refractivity contribution in [2.75, 3.05) is 19.6 Å². The van der Waals surface area contributed by atoms with Gasteiger partial charge in [-0.1, -0.05) is 47.0 Å². The molecule has 0 aliphatic carbocycles. The Morgan fingerprint density at radius 2 is 1.74 bits per heavy atom. The van der Waals surface area contributed by atoms with Gasteiger partial charge in [0.2, 0.25) is 0 Å². The SMILES string of the molecule is CCCCC(CC)CNCCCC(CCN)C(C)C. The molecule has 0 aliphatic rings. The molecule has 0 fully saturated rings. The standard InChI is InChI=1S/C17H38N2/c1-5-7-9-16(6-2)14-19-13-8-10-17(11-12-18)15(3)4/h15-17,19H,5-14,18H2,1-4H3. The summed E-state index contributed by atoms with van der Waals surface area (Å²) < 4.78 is 0. The van der Waals surface area contributed by atoms with Crippen LogP contribution in [0.1, 0.15) is 72.6 Å². The molecule has 0 saturated heterocycles. The van der Waals surface area contributed by atoms with Gasteiger partial charge in [-0.2, -0.15) is 0 Å². The fourth-order valence-corrected chi connectivity index (χ4v) is 2.76. The maximum atomic E-state index is 5.69. The first-order valence-electron chi connectivity index (χ1n) is 8.56. The van der Waals surface area contributed by atoms with E-state index in [4.69, 9.17) is 5.73 Å². The third kappa shape index (κ3) is 10.4. The summed E-state index contributed by atoms with van der Waals surface area (Å²) >= 11 is 0. The largest absolute Gasteiger partial charge is 0.330 e. The summed E-state index contributed by atoms with van der Waals surface area (Å²) in [5.74, 6) is 2.47. The maximum Gasteiger partial charge on any atom is -0.00206 e. The van der Waals surface area contributed by atoms with Gasteiger partial charge in [0, 0.05) is 0 Å². The summed E-state index contributed by atoms with van der Waals surface area (Å²) in [6.07, 6.45) is 9.22. The van der Waals surface area contributed by atoms with E-state index in [1.165, 1.54) is 58.0 Å². The van der Waals surface area contributed by atoms with Crippen LogP contribution in [0, 0.1) is 17.8 Å². The highest BCUT2D eigenvalue weighted by Gasteiger charge is 2.12. The zero-order valence-electron chi connectivity index (χ0n) is 13.9. The Morgan fingerprint density at radius 1 is 1.00 bits per heavy atom. The molecule has 0 radical (unpaired) electrons. The van der Waals surface area contributed by atoms with E-state index in [0.717, 1.165) is 24.3 Å². The molecule has 116 valence electrons. The molecule has 0 aromatic rings. The van der Waals surface area contributed by atoms with Gasteiger partial charge in [-0.05, 0) is 63.1 Å². The Hall–Kier alpha value is -0.0800. The average molecular weight is 271 g/mol. The number of unbranched alkanes of at least 4 members (excludes halogenated alkanes) is 1. The van der Waals surface area contributed by atoms with E-state index in [9.17, 15) is 0 Å². The van der Waals surface area contributed by atoms with Gasteiger partial charge in [-0.3, -0.25) is 0 Å². The smallest absolute Gasteiger partial charge is 0.00206 e. The fraction of sp³-hybridized carbons (Fsp3) is 1.00. The van der Waals surface area contributed by atoms with Crippen LogP contribution in [0.4, 0.5) is 0 Å². The molecule has 2 unspecified atom stereocenters. The molecule has 0 aliphatic heterocycles. The Morgan fingerprint density at radius 3 is 2.26 bits per heavy atom. The molecule has 2 nitrogen and oxygen atoms in total. The normalized spacial score (nSPS) is 14.8. The third-order valence-electron chi connectivity index (χ3n) is 4.39. The summed E-state index contributed by atoms with van der Waals surface area (Å²) in [4.78, 5) is 0. The van der Waals surface area contributed by atoms with E-state index < -0.39 is 0 Å². The number of nitrogens with two attached hydrogens (primary N) is 1. The van der Waals surface area contributed by atoms with Gasteiger partial charge in [0.25, 0.3) is 0 Å². The van der Waals surface area contributed by atoms with E-state index in [0.29, 0.717) is 0 Å². The maximum absolute atomic E-state index is 5.69. The summed E-state index contributed by atoms with van der Waals surface area (Å²) in [6, 6.07) is 0. The Kier molecular flexibility index (Phi) is 12.9. The monoisotopic (exact) mass is 270 g/mol. The third-order valence-corrected chi connectivity index (χ3v) is 4.39. The Labute approximate surface area is 121 Å². The van der Waals surface area contributed by atoms with Gasteiger partial charge in [0.15, 0.2) is 0 Å². The molecule has 2 atom stereocenters. The molecule has 0 aromatic carbocycles. The van der Waals surface area contributed by atoms with Crippen LogP contribution in [0.25, 0.3) is 0 Å². The van der Waals surface area contributed by atoms with Gasteiger partial charge < -0.3 is 11.1 Å². The number of nitrogens with one attached hydrogen (secondary N) is 1. The van der Waals surface area contributed by atoms with Crippen molar-refractivity contribution in [2.24, 2.45) is 23.5 Å². The van der Waals surface area contributed by atoms with Crippen LogP contribution in [0.3, 0.4) is 0 Å². The lowest BCUT2D eigenvalue weighted by Gasteiger charge is -2.20. The van der Waals surface area contributed by atoms with Crippen molar-refractivity contribution in [1.82, 2.24) is 5.32 Å². The quantitative estimate of drug-likeness (QED) is 0.492. The van der Waals surface area contributed by atoms with Crippen molar-refractivity contribution >= 4 is 0 Å². The topological polar surface area (TPSA) is 38.0 Å². The minimum atomic E-state index is 0.775. The molecule has 0 amide bonds. The Balaban J connectivity index is 3.60. The molecule has 0 rings (SSSR count). The highest BCUT2D eigenvalue weighted by molar-refractivity contribution is 4.66. The van der Waals surface area contributed by atoms with E-state index in [1.54, 1.807) is 0 Å². The van der Waals surface area contributed by atoms with E-state index in [-0.39, 0.29) is 0 Å². The first-order chi connectivity index (χ1) is 9.15. The number of rotatable bonds is 13. The summed E-state index contributed by atoms with van der Waals surface area (Å²) in [5, 5.41) is 3.65. The van der Waals surface area contributed by atoms with Crippen molar-refractivity contribution in [2.45, 2.75) is 72.6 Å². The van der Waals surface area contributed by atoms with Crippen molar-refractivity contribution in [3.05, 3.63) is 0 Å². The van der Waals surface area contributed by atoms with Gasteiger partial charge >= 0.3 is 0 Å². The molecular weight excluding hydrogens is 232 g/mol. The average Bonchev–Trinajstić information content (AvgIpc) is 2.40. The van der Waals surface area contributed by atoms with Crippen LogP contribution in [0.2, 0.25) is 0 Å². The molecular formula is C17H38N2. The van der Waals surface area contributed by atoms with E-state index in [2.05, 4.69) is 33.0 Å². The van der Waals surface area contributed by atoms with Crippen LogP contribution < -0.4 is 11.1 Å². The predicted molar refractivity (Wildman–Crippen MR) is 87.4 cm³/mol. The van der Waals surface area contributed by atoms with E-state index in [1.807, 2.05) is 0 Å². The molecule has 0 saturated carbocycles. The van der Waals surface area contributed by atoms with Crippen molar-refractivity contribution in [3.8, 4) is 0 Å². The second kappa shape index (κ2) is 12.9. The van der Waals surface area contributed by atoms with Crippen molar-refractivity contribution < 1.29 is 0 Å².